The van der Waals surface area contributed by atoms with E-state index in [-0.39, 0.29) is 26.2 Å². The summed E-state index contributed by atoms with van der Waals surface area (Å²) >= 11 is 0. The Balaban J connectivity index is 1.92. The van der Waals surface area contributed by atoms with Crippen LogP contribution in [0.1, 0.15) is 32.8 Å². The Labute approximate surface area is 210 Å². The molecule has 2 heterocycles. The van der Waals surface area contributed by atoms with Gasteiger partial charge in [0.1, 0.15) is 12.1 Å². The molecule has 0 unspecified atom stereocenters. The highest BCUT2D eigenvalue weighted by atomic mass is 16.6. The molecule has 1 saturated heterocycles. The minimum absolute atomic E-state index is 0.159. The minimum atomic E-state index is -0.690. The van der Waals surface area contributed by atoms with Crippen molar-refractivity contribution in [1.82, 2.24) is 30.0 Å². The lowest BCUT2D eigenvalue weighted by Crippen LogP contribution is -2.46. The maximum Gasteiger partial charge on any atom is 0.407 e. The first-order valence-corrected chi connectivity index (χ1v) is 12.1. The number of carbonyl (C=O) groups excluding carboxylic acids is 3. The number of H-pyrrole nitrogens is 1. The van der Waals surface area contributed by atoms with Crippen molar-refractivity contribution in [2.24, 2.45) is 0 Å². The van der Waals surface area contributed by atoms with Gasteiger partial charge in [-0.15, -0.1) is 0 Å². The van der Waals surface area contributed by atoms with Crippen LogP contribution in [0.5, 0.6) is 0 Å². The van der Waals surface area contributed by atoms with Gasteiger partial charge < -0.3 is 25.0 Å². The van der Waals surface area contributed by atoms with Gasteiger partial charge in [-0.05, 0) is 34.1 Å². The van der Waals surface area contributed by atoms with E-state index in [1.807, 2.05) is 0 Å². The number of carbonyl (C=O) groups is 3. The molecule has 1 aromatic rings. The first kappa shape index (κ1) is 29.0. The lowest BCUT2D eigenvalue weighted by atomic mass is 10.2. The SMILES string of the molecule is Cc1cn(CC(=O)N(CCCN2CCOCC2)CC(=O)NCCNC(=O)OC(C)(C)C)c(=O)[nH]c1=O. The molecule has 1 aromatic heterocycles. The van der Waals surface area contributed by atoms with Gasteiger partial charge in [0.05, 0.1) is 19.8 Å². The summed E-state index contributed by atoms with van der Waals surface area (Å²) in [5.74, 6) is -0.821. The summed E-state index contributed by atoms with van der Waals surface area (Å²) in [4.78, 5) is 66.8. The van der Waals surface area contributed by atoms with Crippen molar-refractivity contribution >= 4 is 17.9 Å². The second-order valence-electron chi connectivity index (χ2n) is 9.60. The van der Waals surface area contributed by atoms with Gasteiger partial charge in [-0.3, -0.25) is 28.8 Å². The van der Waals surface area contributed by atoms with Gasteiger partial charge in [0.2, 0.25) is 11.8 Å². The van der Waals surface area contributed by atoms with Crippen LogP contribution < -0.4 is 21.9 Å². The molecule has 0 saturated carbocycles. The highest BCUT2D eigenvalue weighted by molar-refractivity contribution is 5.84. The smallest absolute Gasteiger partial charge is 0.407 e. The third-order valence-electron chi connectivity index (χ3n) is 5.30. The van der Waals surface area contributed by atoms with E-state index in [0.717, 1.165) is 24.2 Å². The van der Waals surface area contributed by atoms with Crippen LogP contribution in [0.25, 0.3) is 0 Å². The minimum Gasteiger partial charge on any atom is -0.444 e. The summed E-state index contributed by atoms with van der Waals surface area (Å²) < 4.78 is 11.6. The Morgan fingerprint density at radius 2 is 1.81 bits per heavy atom. The Morgan fingerprint density at radius 3 is 2.47 bits per heavy atom. The number of morpholine rings is 1. The number of nitrogens with one attached hydrogen (secondary N) is 3. The van der Waals surface area contributed by atoms with Gasteiger partial charge in [0.15, 0.2) is 0 Å². The van der Waals surface area contributed by atoms with Crippen molar-refractivity contribution in [2.45, 2.75) is 46.3 Å². The maximum atomic E-state index is 13.0. The van der Waals surface area contributed by atoms with Crippen molar-refractivity contribution in [1.29, 1.82) is 0 Å². The average molecular weight is 511 g/mol. The number of aromatic amines is 1. The van der Waals surface area contributed by atoms with Crippen molar-refractivity contribution in [2.75, 3.05) is 59.0 Å². The normalized spacial score (nSPS) is 14.2. The summed E-state index contributed by atoms with van der Waals surface area (Å²) in [6.07, 6.45) is 1.38. The van der Waals surface area contributed by atoms with Crippen LogP contribution in [0, 0.1) is 6.92 Å². The van der Waals surface area contributed by atoms with Crippen molar-refractivity contribution < 1.29 is 23.9 Å². The molecule has 0 aliphatic carbocycles. The maximum absolute atomic E-state index is 13.0. The zero-order valence-electron chi connectivity index (χ0n) is 21.6. The molecule has 3 amide bonds. The van der Waals surface area contributed by atoms with E-state index >= 15 is 0 Å². The monoisotopic (exact) mass is 510 g/mol. The number of nitrogens with zero attached hydrogens (tertiary/aromatic N) is 3. The number of ether oxygens (including phenoxy) is 2. The topological polar surface area (TPSA) is 155 Å². The molecule has 2 rings (SSSR count). The van der Waals surface area contributed by atoms with E-state index in [9.17, 15) is 24.0 Å². The number of rotatable bonds is 11. The standard InChI is InChI=1S/C23H38N6O7/c1-17-14-29(21(33)26-20(17)32)16-19(31)28(9-5-8-27-10-12-35-13-11-27)15-18(30)24-6-7-25-22(34)36-23(2,3)4/h14H,5-13,15-16H2,1-4H3,(H,24,30)(H,25,34)(H,26,32,33). The molecule has 0 bridgehead atoms. The Kier molecular flexibility index (Phi) is 11.1. The second-order valence-corrected chi connectivity index (χ2v) is 9.60. The Hall–Kier alpha value is -3.19. The molecule has 36 heavy (non-hydrogen) atoms. The summed E-state index contributed by atoms with van der Waals surface area (Å²) in [7, 11) is 0. The molecular formula is C23H38N6O7. The predicted molar refractivity (Wildman–Crippen MR) is 132 cm³/mol. The van der Waals surface area contributed by atoms with Crippen molar-refractivity contribution in [3.8, 4) is 0 Å². The Morgan fingerprint density at radius 1 is 1.14 bits per heavy atom. The Bertz CT molecular complexity index is 1010. The van der Waals surface area contributed by atoms with Gasteiger partial charge in [-0.25, -0.2) is 9.59 Å². The van der Waals surface area contributed by atoms with Crippen LogP contribution in [0.15, 0.2) is 15.8 Å². The molecule has 1 aliphatic rings. The van der Waals surface area contributed by atoms with Crippen LogP contribution in [0.2, 0.25) is 0 Å². The summed E-state index contributed by atoms with van der Waals surface area (Å²) in [6, 6.07) is 0. The fourth-order valence-corrected chi connectivity index (χ4v) is 3.49. The number of alkyl carbamates (subject to hydrolysis) is 1. The molecule has 0 spiro atoms. The number of hydrogen-bond donors (Lipinski definition) is 3. The fraction of sp³-hybridized carbons (Fsp3) is 0.696. The van der Waals surface area contributed by atoms with E-state index in [4.69, 9.17) is 9.47 Å². The molecule has 1 fully saturated rings. The van der Waals surface area contributed by atoms with Crippen molar-refractivity contribution in [3.63, 3.8) is 0 Å². The summed E-state index contributed by atoms with van der Waals surface area (Å²) in [5, 5.41) is 5.22. The van der Waals surface area contributed by atoms with Gasteiger partial charge in [0, 0.05) is 51.0 Å². The highest BCUT2D eigenvalue weighted by Gasteiger charge is 2.20. The van der Waals surface area contributed by atoms with Gasteiger partial charge >= 0.3 is 11.8 Å². The molecular weight excluding hydrogens is 472 g/mol. The molecule has 13 nitrogen and oxygen atoms in total. The zero-order chi connectivity index (χ0) is 26.7. The highest BCUT2D eigenvalue weighted by Crippen LogP contribution is 2.06. The first-order chi connectivity index (χ1) is 16.9. The third-order valence-corrected chi connectivity index (χ3v) is 5.30. The van der Waals surface area contributed by atoms with Crippen LogP contribution in [-0.4, -0.2) is 102 Å². The summed E-state index contributed by atoms with van der Waals surface area (Å²) in [6.45, 7) is 10.6. The van der Waals surface area contributed by atoms with E-state index in [2.05, 4.69) is 20.5 Å². The van der Waals surface area contributed by atoms with Crippen LogP contribution in [0.4, 0.5) is 4.79 Å². The van der Waals surface area contributed by atoms with E-state index in [1.54, 1.807) is 20.8 Å². The number of aromatic nitrogens is 2. The lowest BCUT2D eigenvalue weighted by molar-refractivity contribution is -0.136. The number of amides is 3. The number of aryl methyl sites for hydroxylation is 1. The van der Waals surface area contributed by atoms with Crippen LogP contribution >= 0.6 is 0 Å². The van der Waals surface area contributed by atoms with E-state index in [0.29, 0.717) is 31.7 Å². The van der Waals surface area contributed by atoms with Crippen LogP contribution in [-0.2, 0) is 25.6 Å². The van der Waals surface area contributed by atoms with Gasteiger partial charge in [-0.1, -0.05) is 0 Å². The molecule has 0 aromatic carbocycles. The second kappa shape index (κ2) is 13.8. The molecule has 0 radical (unpaired) electrons. The largest absolute Gasteiger partial charge is 0.444 e. The van der Waals surface area contributed by atoms with Gasteiger partial charge in [-0.2, -0.15) is 0 Å². The molecule has 3 N–H and O–H groups in total. The first-order valence-electron chi connectivity index (χ1n) is 12.1. The average Bonchev–Trinajstić information content (AvgIpc) is 2.79. The number of hydrogen-bond acceptors (Lipinski definition) is 8. The van der Waals surface area contributed by atoms with E-state index < -0.39 is 34.8 Å². The molecule has 13 heteroatoms. The zero-order valence-corrected chi connectivity index (χ0v) is 21.6. The third kappa shape index (κ3) is 10.6. The molecule has 202 valence electrons. The van der Waals surface area contributed by atoms with Gasteiger partial charge in [0.25, 0.3) is 5.56 Å². The van der Waals surface area contributed by atoms with Crippen molar-refractivity contribution in [3.05, 3.63) is 32.6 Å². The van der Waals surface area contributed by atoms with Crippen LogP contribution in [0.3, 0.4) is 0 Å². The van der Waals surface area contributed by atoms with E-state index in [1.165, 1.54) is 18.0 Å². The predicted octanol–water partition coefficient (Wildman–Crippen LogP) is -0.963. The summed E-state index contributed by atoms with van der Waals surface area (Å²) in [5.41, 5.74) is -1.52. The fourth-order valence-electron chi connectivity index (χ4n) is 3.49. The quantitative estimate of drug-likeness (QED) is 0.322. The molecule has 0 atom stereocenters. The molecule has 1 aliphatic heterocycles. The lowest BCUT2D eigenvalue weighted by Gasteiger charge is -2.28.